The number of hydrogen-bond donors (Lipinski definition) is 0. The highest BCUT2D eigenvalue weighted by Gasteiger charge is 2.09. The summed E-state index contributed by atoms with van der Waals surface area (Å²) in [5.41, 5.74) is 0.989. The molecule has 0 radical (unpaired) electrons. The zero-order chi connectivity index (χ0) is 10.5. The number of hydrogen-bond acceptors (Lipinski definition) is 2. The van der Waals surface area contributed by atoms with Gasteiger partial charge in [-0.05, 0) is 24.8 Å². The van der Waals surface area contributed by atoms with Crippen molar-refractivity contribution in [1.29, 1.82) is 0 Å². The van der Waals surface area contributed by atoms with Gasteiger partial charge in [0.1, 0.15) is 0 Å². The second kappa shape index (κ2) is 4.96. The van der Waals surface area contributed by atoms with Crippen LogP contribution in [-0.2, 0) is 0 Å². The number of allylic oxidation sites excluding steroid dienone is 1. The SMILES string of the molecule is O=Cc1cc(C=CC2CCCCC2)co1. The highest BCUT2D eigenvalue weighted by atomic mass is 16.3. The first kappa shape index (κ1) is 10.2. The van der Waals surface area contributed by atoms with E-state index in [1.165, 1.54) is 32.1 Å². The van der Waals surface area contributed by atoms with Crippen LogP contribution >= 0.6 is 0 Å². The maximum Gasteiger partial charge on any atom is 0.185 e. The smallest absolute Gasteiger partial charge is 0.185 e. The minimum atomic E-state index is 0.401. The molecule has 2 rings (SSSR count). The van der Waals surface area contributed by atoms with Gasteiger partial charge in [0.25, 0.3) is 0 Å². The summed E-state index contributed by atoms with van der Waals surface area (Å²) in [5, 5.41) is 0. The van der Waals surface area contributed by atoms with E-state index >= 15 is 0 Å². The van der Waals surface area contributed by atoms with Crippen LogP contribution < -0.4 is 0 Å². The molecule has 2 heteroatoms. The van der Waals surface area contributed by atoms with Crippen LogP contribution in [-0.4, -0.2) is 6.29 Å². The first-order chi connectivity index (χ1) is 7.38. The van der Waals surface area contributed by atoms with Crippen molar-refractivity contribution in [3.63, 3.8) is 0 Å². The van der Waals surface area contributed by atoms with E-state index in [0.717, 1.165) is 11.8 Å². The van der Waals surface area contributed by atoms with Crippen molar-refractivity contribution in [3.8, 4) is 0 Å². The molecule has 80 valence electrons. The Morgan fingerprint density at radius 3 is 2.73 bits per heavy atom. The molecule has 1 fully saturated rings. The molecule has 1 aliphatic carbocycles. The van der Waals surface area contributed by atoms with E-state index in [2.05, 4.69) is 12.2 Å². The second-order valence-electron chi connectivity index (χ2n) is 4.16. The Morgan fingerprint density at radius 2 is 2.07 bits per heavy atom. The Kier molecular flexibility index (Phi) is 3.38. The van der Waals surface area contributed by atoms with Crippen molar-refractivity contribution < 1.29 is 9.21 Å². The summed E-state index contributed by atoms with van der Waals surface area (Å²) in [6.45, 7) is 0. The van der Waals surface area contributed by atoms with Gasteiger partial charge in [0.15, 0.2) is 12.0 Å². The van der Waals surface area contributed by atoms with Crippen LogP contribution in [0.15, 0.2) is 22.8 Å². The molecule has 0 saturated heterocycles. The number of furan rings is 1. The minimum Gasteiger partial charge on any atom is -0.461 e. The van der Waals surface area contributed by atoms with Gasteiger partial charge in [-0.25, -0.2) is 0 Å². The van der Waals surface area contributed by atoms with Gasteiger partial charge in [-0.15, -0.1) is 0 Å². The number of carbonyl (C=O) groups is 1. The van der Waals surface area contributed by atoms with Gasteiger partial charge in [0.2, 0.25) is 0 Å². The molecule has 0 aliphatic heterocycles. The lowest BCUT2D eigenvalue weighted by Crippen LogP contribution is -2.02. The van der Waals surface area contributed by atoms with E-state index in [0.29, 0.717) is 11.7 Å². The summed E-state index contributed by atoms with van der Waals surface area (Å²) >= 11 is 0. The highest BCUT2D eigenvalue weighted by Crippen LogP contribution is 2.25. The van der Waals surface area contributed by atoms with E-state index in [1.54, 1.807) is 12.3 Å². The van der Waals surface area contributed by atoms with Crippen molar-refractivity contribution in [3.05, 3.63) is 29.7 Å². The van der Waals surface area contributed by atoms with Gasteiger partial charge in [-0.1, -0.05) is 31.4 Å². The molecule has 0 amide bonds. The van der Waals surface area contributed by atoms with Crippen LogP contribution in [0.4, 0.5) is 0 Å². The van der Waals surface area contributed by atoms with E-state index in [9.17, 15) is 4.79 Å². The quantitative estimate of drug-likeness (QED) is 0.703. The lowest BCUT2D eigenvalue weighted by molar-refractivity contribution is 0.110. The van der Waals surface area contributed by atoms with Crippen LogP contribution in [0.3, 0.4) is 0 Å². The maximum absolute atomic E-state index is 10.4. The maximum atomic E-state index is 10.4. The first-order valence-corrected chi connectivity index (χ1v) is 5.60. The normalized spacial score (nSPS) is 18.4. The largest absolute Gasteiger partial charge is 0.461 e. The van der Waals surface area contributed by atoms with Crippen molar-refractivity contribution in [2.75, 3.05) is 0 Å². The summed E-state index contributed by atoms with van der Waals surface area (Å²) in [5.74, 6) is 1.12. The molecule has 0 atom stereocenters. The van der Waals surface area contributed by atoms with Crippen molar-refractivity contribution >= 4 is 12.4 Å². The summed E-state index contributed by atoms with van der Waals surface area (Å²) in [4.78, 5) is 10.4. The van der Waals surface area contributed by atoms with Crippen molar-refractivity contribution in [2.45, 2.75) is 32.1 Å². The zero-order valence-corrected chi connectivity index (χ0v) is 8.82. The van der Waals surface area contributed by atoms with Crippen molar-refractivity contribution in [2.24, 2.45) is 5.92 Å². The molecule has 0 unspecified atom stereocenters. The van der Waals surface area contributed by atoms with Crippen molar-refractivity contribution in [1.82, 2.24) is 0 Å². The third-order valence-corrected chi connectivity index (χ3v) is 2.97. The molecule has 0 bridgehead atoms. The molecule has 1 heterocycles. The van der Waals surface area contributed by atoms with Gasteiger partial charge in [-0.2, -0.15) is 0 Å². The van der Waals surface area contributed by atoms with E-state index < -0.39 is 0 Å². The molecule has 1 aliphatic rings. The third-order valence-electron chi connectivity index (χ3n) is 2.97. The monoisotopic (exact) mass is 204 g/mol. The molecule has 15 heavy (non-hydrogen) atoms. The lowest BCUT2D eigenvalue weighted by atomic mass is 9.89. The summed E-state index contributed by atoms with van der Waals surface area (Å²) in [7, 11) is 0. The van der Waals surface area contributed by atoms with Crippen LogP contribution in [0.2, 0.25) is 0 Å². The fourth-order valence-corrected chi connectivity index (χ4v) is 2.09. The average Bonchev–Trinajstić information content (AvgIpc) is 2.76. The van der Waals surface area contributed by atoms with Gasteiger partial charge < -0.3 is 4.42 Å². The molecule has 1 aromatic heterocycles. The summed E-state index contributed by atoms with van der Waals surface area (Å²) in [6.07, 6.45) is 13.3. The molecular weight excluding hydrogens is 188 g/mol. The van der Waals surface area contributed by atoms with E-state index in [-0.39, 0.29) is 0 Å². The molecule has 0 N–H and O–H groups in total. The number of carbonyl (C=O) groups excluding carboxylic acids is 1. The Bertz CT molecular complexity index is 343. The standard InChI is InChI=1S/C13H16O2/c14-9-13-8-12(10-15-13)7-6-11-4-2-1-3-5-11/h6-11H,1-5H2. The van der Waals surface area contributed by atoms with E-state index in [1.807, 2.05) is 0 Å². The number of aldehydes is 1. The second-order valence-corrected chi connectivity index (χ2v) is 4.16. The Balaban J connectivity index is 1.94. The van der Waals surface area contributed by atoms with Crippen LogP contribution in [0.1, 0.15) is 48.2 Å². The summed E-state index contributed by atoms with van der Waals surface area (Å²) in [6, 6.07) is 1.77. The topological polar surface area (TPSA) is 30.2 Å². The zero-order valence-electron chi connectivity index (χ0n) is 8.82. The third kappa shape index (κ3) is 2.82. The van der Waals surface area contributed by atoms with E-state index in [4.69, 9.17) is 4.42 Å². The Labute approximate surface area is 90.0 Å². The minimum absolute atomic E-state index is 0.401. The lowest BCUT2D eigenvalue weighted by Gasteiger charge is -2.17. The summed E-state index contributed by atoms with van der Waals surface area (Å²) < 4.78 is 5.03. The Morgan fingerprint density at radius 1 is 1.27 bits per heavy atom. The molecule has 0 aromatic carbocycles. The first-order valence-electron chi connectivity index (χ1n) is 5.60. The highest BCUT2D eigenvalue weighted by molar-refractivity contribution is 5.72. The van der Waals surface area contributed by atoms with Crippen LogP contribution in [0, 0.1) is 5.92 Å². The average molecular weight is 204 g/mol. The fourth-order valence-electron chi connectivity index (χ4n) is 2.09. The Hall–Kier alpha value is -1.31. The van der Waals surface area contributed by atoms with Crippen LogP contribution in [0.25, 0.3) is 6.08 Å². The molecule has 0 spiro atoms. The van der Waals surface area contributed by atoms with Gasteiger partial charge in [0.05, 0.1) is 6.26 Å². The van der Waals surface area contributed by atoms with Crippen LogP contribution in [0.5, 0.6) is 0 Å². The molecule has 1 aromatic rings. The molecule has 2 nitrogen and oxygen atoms in total. The predicted octanol–water partition coefficient (Wildman–Crippen LogP) is 3.69. The van der Waals surface area contributed by atoms with Gasteiger partial charge >= 0.3 is 0 Å². The fraction of sp³-hybridized carbons (Fsp3) is 0.462. The molecule has 1 saturated carbocycles. The van der Waals surface area contributed by atoms with Gasteiger partial charge in [0, 0.05) is 5.56 Å². The molecular formula is C13H16O2. The predicted molar refractivity (Wildman–Crippen MR) is 59.7 cm³/mol. The van der Waals surface area contributed by atoms with Gasteiger partial charge in [-0.3, -0.25) is 4.79 Å². The number of rotatable bonds is 3.